The lowest BCUT2D eigenvalue weighted by molar-refractivity contribution is -0.119. The largest absolute Gasteiger partial charge is 0.497 e. The van der Waals surface area contributed by atoms with Crippen LogP contribution in [0.1, 0.15) is 5.56 Å². The first-order chi connectivity index (χ1) is 7.76. The van der Waals surface area contributed by atoms with Crippen molar-refractivity contribution >= 4 is 5.91 Å². The molecule has 16 heavy (non-hydrogen) atoms. The maximum absolute atomic E-state index is 11.0. The van der Waals surface area contributed by atoms with E-state index in [1.807, 2.05) is 24.3 Å². The van der Waals surface area contributed by atoms with Crippen LogP contribution in [0.2, 0.25) is 0 Å². The minimum absolute atomic E-state index is 0.0991. The van der Waals surface area contributed by atoms with Gasteiger partial charge in [-0.2, -0.15) is 0 Å². The van der Waals surface area contributed by atoms with Crippen molar-refractivity contribution in [3.8, 4) is 5.75 Å². The van der Waals surface area contributed by atoms with Gasteiger partial charge in [-0.25, -0.2) is 6.57 Å². The summed E-state index contributed by atoms with van der Waals surface area (Å²) in [6.45, 7) is 6.98. The molecule has 1 aromatic carbocycles. The third-order valence-electron chi connectivity index (χ3n) is 2.09. The second-order valence-corrected chi connectivity index (χ2v) is 3.27. The van der Waals surface area contributed by atoms with Gasteiger partial charge in [0.15, 0.2) is 0 Å². The van der Waals surface area contributed by atoms with Gasteiger partial charge in [0.25, 0.3) is 12.5 Å². The molecule has 1 N–H and O–H groups in total. The summed E-state index contributed by atoms with van der Waals surface area (Å²) in [6, 6.07) is 7.70. The standard InChI is InChI=1S/C12H14N2O2/c1-13-9-12(15)14-7-6-10-4-3-5-11(8-10)16-2/h3-5,8H,6-7,9H2,2H3,(H,14,15). The van der Waals surface area contributed by atoms with Crippen LogP contribution in [0.25, 0.3) is 4.85 Å². The molecule has 0 spiro atoms. The van der Waals surface area contributed by atoms with Crippen molar-refractivity contribution < 1.29 is 9.53 Å². The molecule has 0 unspecified atom stereocenters. The summed E-state index contributed by atoms with van der Waals surface area (Å²) >= 11 is 0. The van der Waals surface area contributed by atoms with Crippen molar-refractivity contribution in [2.45, 2.75) is 6.42 Å². The molecule has 0 radical (unpaired) electrons. The van der Waals surface area contributed by atoms with Crippen molar-refractivity contribution in [1.82, 2.24) is 5.32 Å². The third kappa shape index (κ3) is 4.01. The number of nitrogens with zero attached hydrogens (tertiary/aromatic N) is 1. The second-order valence-electron chi connectivity index (χ2n) is 3.27. The third-order valence-corrected chi connectivity index (χ3v) is 2.09. The Kier molecular flexibility index (Phi) is 4.87. The van der Waals surface area contributed by atoms with Crippen LogP contribution in [-0.2, 0) is 11.2 Å². The first kappa shape index (κ1) is 12.1. The maximum atomic E-state index is 11.0. The number of methoxy groups -OCH3 is 1. The Morgan fingerprint density at radius 2 is 2.38 bits per heavy atom. The highest BCUT2D eigenvalue weighted by atomic mass is 16.5. The van der Waals surface area contributed by atoms with Crippen molar-refractivity contribution in [2.75, 3.05) is 20.2 Å². The van der Waals surface area contributed by atoms with Crippen LogP contribution in [0.15, 0.2) is 24.3 Å². The zero-order valence-electron chi connectivity index (χ0n) is 9.19. The molecule has 1 aromatic rings. The minimum atomic E-state index is -0.224. The molecule has 0 aliphatic rings. The maximum Gasteiger partial charge on any atom is 0.300 e. The first-order valence-corrected chi connectivity index (χ1v) is 4.99. The van der Waals surface area contributed by atoms with E-state index in [0.717, 1.165) is 17.7 Å². The molecule has 0 bridgehead atoms. The van der Waals surface area contributed by atoms with Crippen LogP contribution in [-0.4, -0.2) is 26.1 Å². The van der Waals surface area contributed by atoms with Gasteiger partial charge in [0, 0.05) is 6.54 Å². The summed E-state index contributed by atoms with van der Waals surface area (Å²) in [5, 5.41) is 2.68. The summed E-state index contributed by atoms with van der Waals surface area (Å²) < 4.78 is 5.09. The number of amides is 1. The summed E-state index contributed by atoms with van der Waals surface area (Å²) in [4.78, 5) is 14.0. The van der Waals surface area contributed by atoms with Crippen molar-refractivity contribution in [2.24, 2.45) is 0 Å². The number of carbonyl (C=O) groups excluding carboxylic acids is 1. The molecular weight excluding hydrogens is 204 g/mol. The normalized spacial score (nSPS) is 9.25. The number of hydrogen-bond donors (Lipinski definition) is 1. The Hall–Kier alpha value is -2.02. The van der Waals surface area contributed by atoms with E-state index in [1.165, 1.54) is 0 Å². The summed E-state index contributed by atoms with van der Waals surface area (Å²) in [6.07, 6.45) is 0.737. The molecule has 0 aliphatic heterocycles. The Morgan fingerprint density at radius 3 is 3.06 bits per heavy atom. The van der Waals surface area contributed by atoms with E-state index < -0.39 is 0 Å². The topological polar surface area (TPSA) is 42.7 Å². The zero-order chi connectivity index (χ0) is 11.8. The molecular formula is C12H14N2O2. The number of nitrogens with one attached hydrogen (secondary N) is 1. The van der Waals surface area contributed by atoms with Crippen molar-refractivity contribution in [3.63, 3.8) is 0 Å². The van der Waals surface area contributed by atoms with Gasteiger partial charge in [-0.1, -0.05) is 12.1 Å². The molecule has 1 amide bonds. The lowest BCUT2D eigenvalue weighted by Gasteiger charge is -2.04. The predicted octanol–water partition coefficient (Wildman–Crippen LogP) is 1.27. The molecule has 0 fully saturated rings. The smallest absolute Gasteiger partial charge is 0.300 e. The number of carbonyl (C=O) groups is 1. The van der Waals surface area contributed by atoms with Gasteiger partial charge in [0.1, 0.15) is 5.75 Å². The Bertz CT molecular complexity index is 396. The number of benzene rings is 1. The van der Waals surface area contributed by atoms with E-state index >= 15 is 0 Å². The highest BCUT2D eigenvalue weighted by Crippen LogP contribution is 2.12. The summed E-state index contributed by atoms with van der Waals surface area (Å²) in [5.74, 6) is 0.586. The fourth-order valence-corrected chi connectivity index (χ4v) is 1.30. The average molecular weight is 218 g/mol. The Labute approximate surface area is 95.0 Å². The summed E-state index contributed by atoms with van der Waals surface area (Å²) in [5.41, 5.74) is 1.10. The molecule has 0 heterocycles. The van der Waals surface area contributed by atoms with Crippen molar-refractivity contribution in [3.05, 3.63) is 41.2 Å². The Morgan fingerprint density at radius 1 is 1.56 bits per heavy atom. The SMILES string of the molecule is [C-]#[N+]CC(=O)NCCc1cccc(OC)c1. The van der Waals surface area contributed by atoms with Gasteiger partial charge in [-0.3, -0.25) is 4.79 Å². The summed E-state index contributed by atoms with van der Waals surface area (Å²) in [7, 11) is 1.62. The van der Waals surface area contributed by atoms with E-state index in [4.69, 9.17) is 11.3 Å². The first-order valence-electron chi connectivity index (χ1n) is 4.99. The lowest BCUT2D eigenvalue weighted by Crippen LogP contribution is -2.27. The molecule has 1 rings (SSSR count). The van der Waals surface area contributed by atoms with Crippen LogP contribution in [0.3, 0.4) is 0 Å². The van der Waals surface area contributed by atoms with Gasteiger partial charge in [-0.05, 0) is 24.1 Å². The van der Waals surface area contributed by atoms with Gasteiger partial charge < -0.3 is 14.9 Å². The predicted molar refractivity (Wildman–Crippen MR) is 61.2 cm³/mol. The minimum Gasteiger partial charge on any atom is -0.497 e. The molecule has 0 saturated carbocycles. The van der Waals surface area contributed by atoms with E-state index in [0.29, 0.717) is 6.54 Å². The van der Waals surface area contributed by atoms with Gasteiger partial charge >= 0.3 is 0 Å². The molecule has 0 aliphatic carbocycles. The monoisotopic (exact) mass is 218 g/mol. The van der Waals surface area contributed by atoms with Crippen LogP contribution in [0.4, 0.5) is 0 Å². The molecule has 0 saturated heterocycles. The fraction of sp³-hybridized carbons (Fsp3) is 0.333. The van der Waals surface area contributed by atoms with Crippen LogP contribution < -0.4 is 10.1 Å². The molecule has 4 nitrogen and oxygen atoms in total. The lowest BCUT2D eigenvalue weighted by atomic mass is 10.1. The molecule has 0 atom stereocenters. The van der Waals surface area contributed by atoms with E-state index in [1.54, 1.807) is 7.11 Å². The van der Waals surface area contributed by atoms with E-state index in [9.17, 15) is 4.79 Å². The van der Waals surface area contributed by atoms with Gasteiger partial charge in [-0.15, -0.1) is 0 Å². The quantitative estimate of drug-likeness (QED) is 0.756. The highest BCUT2D eigenvalue weighted by Gasteiger charge is 2.02. The molecule has 4 heteroatoms. The number of rotatable bonds is 5. The fourth-order valence-electron chi connectivity index (χ4n) is 1.30. The molecule has 84 valence electrons. The van der Waals surface area contributed by atoms with Gasteiger partial charge in [0.2, 0.25) is 0 Å². The van der Waals surface area contributed by atoms with E-state index in [-0.39, 0.29) is 12.5 Å². The highest BCUT2D eigenvalue weighted by molar-refractivity contribution is 5.79. The van der Waals surface area contributed by atoms with Crippen molar-refractivity contribution in [1.29, 1.82) is 0 Å². The van der Waals surface area contributed by atoms with Crippen LogP contribution >= 0.6 is 0 Å². The average Bonchev–Trinajstić information content (AvgIpc) is 2.30. The molecule has 0 aromatic heterocycles. The van der Waals surface area contributed by atoms with Crippen LogP contribution in [0.5, 0.6) is 5.75 Å². The van der Waals surface area contributed by atoms with E-state index in [2.05, 4.69) is 10.2 Å². The second kappa shape index (κ2) is 6.46. The Balaban J connectivity index is 2.37. The zero-order valence-corrected chi connectivity index (χ0v) is 9.19. The van der Waals surface area contributed by atoms with Gasteiger partial charge in [0.05, 0.1) is 7.11 Å². The van der Waals surface area contributed by atoms with Crippen LogP contribution in [0, 0.1) is 6.57 Å². The number of ether oxygens (including phenoxy) is 1. The number of hydrogen-bond acceptors (Lipinski definition) is 2.